The largest absolute Gasteiger partial charge is 0.349 e. The Morgan fingerprint density at radius 3 is 2.62 bits per heavy atom. The van der Waals surface area contributed by atoms with Gasteiger partial charge in [-0.1, -0.05) is 0 Å². The maximum Gasteiger partial charge on any atom is 0.319 e. The zero-order valence-corrected chi connectivity index (χ0v) is 12.8. The van der Waals surface area contributed by atoms with Crippen LogP contribution in [0.2, 0.25) is 0 Å². The number of imidazole rings is 1. The van der Waals surface area contributed by atoms with E-state index in [4.69, 9.17) is 0 Å². The molecule has 1 aliphatic rings. The molecular weight excluding hydrogens is 270 g/mol. The monoisotopic (exact) mass is 293 g/mol. The summed E-state index contributed by atoms with van der Waals surface area (Å²) in [6, 6.07) is 0.0138. The first-order valence-electron chi connectivity index (χ1n) is 7.22. The van der Waals surface area contributed by atoms with Crippen LogP contribution in [0.25, 0.3) is 0 Å². The summed E-state index contributed by atoms with van der Waals surface area (Å²) in [6.07, 6.45) is 3.16. The van der Waals surface area contributed by atoms with Crippen LogP contribution >= 0.6 is 0 Å². The molecule has 0 spiro atoms. The minimum atomic E-state index is -0.0210. The second-order valence-electron chi connectivity index (χ2n) is 5.67. The predicted molar refractivity (Wildman–Crippen MR) is 78.6 cm³/mol. The molecule has 1 aromatic heterocycles. The van der Waals surface area contributed by atoms with Crippen molar-refractivity contribution in [3.8, 4) is 0 Å². The van der Waals surface area contributed by atoms with E-state index >= 15 is 0 Å². The summed E-state index contributed by atoms with van der Waals surface area (Å²) < 4.78 is 0. The molecule has 0 atom stereocenters. The molecule has 7 nitrogen and oxygen atoms in total. The summed E-state index contributed by atoms with van der Waals surface area (Å²) in [7, 11) is 3.49. The number of carbonyl (C=O) groups is 2. The minimum Gasteiger partial charge on any atom is -0.349 e. The first-order valence-corrected chi connectivity index (χ1v) is 7.22. The Morgan fingerprint density at radius 1 is 1.43 bits per heavy atom. The lowest BCUT2D eigenvalue weighted by molar-refractivity contribution is -0.126. The average molecular weight is 293 g/mol. The number of aryl methyl sites for hydroxylation is 1. The van der Waals surface area contributed by atoms with Crippen molar-refractivity contribution in [3.05, 3.63) is 17.7 Å². The van der Waals surface area contributed by atoms with Crippen molar-refractivity contribution in [2.45, 2.75) is 26.3 Å². The van der Waals surface area contributed by atoms with Gasteiger partial charge in [-0.3, -0.25) is 4.79 Å². The molecule has 3 amide bonds. The van der Waals surface area contributed by atoms with E-state index in [-0.39, 0.29) is 17.9 Å². The fourth-order valence-electron chi connectivity index (χ4n) is 2.49. The van der Waals surface area contributed by atoms with Gasteiger partial charge in [-0.25, -0.2) is 9.78 Å². The summed E-state index contributed by atoms with van der Waals surface area (Å²) in [5, 5.41) is 2.90. The second kappa shape index (κ2) is 6.60. The number of hydrogen-bond donors (Lipinski definition) is 2. The van der Waals surface area contributed by atoms with Gasteiger partial charge in [0, 0.05) is 45.0 Å². The number of H-pyrrole nitrogens is 1. The van der Waals surface area contributed by atoms with Crippen LogP contribution in [0.3, 0.4) is 0 Å². The number of aromatic amines is 1. The first kappa shape index (κ1) is 15.3. The number of rotatable bonds is 3. The van der Waals surface area contributed by atoms with Crippen molar-refractivity contribution in [2.75, 3.05) is 27.2 Å². The number of urea groups is 1. The normalized spacial score (nSPS) is 15.9. The average Bonchev–Trinajstić information content (AvgIpc) is 2.89. The Balaban J connectivity index is 1.76. The van der Waals surface area contributed by atoms with Crippen LogP contribution in [0.1, 0.15) is 24.4 Å². The maximum absolute atomic E-state index is 12.1. The molecular formula is C14H23N5O2. The van der Waals surface area contributed by atoms with Gasteiger partial charge in [0.25, 0.3) is 0 Å². The highest BCUT2D eigenvalue weighted by Gasteiger charge is 2.27. The number of likely N-dealkylation sites (tertiary alicyclic amines) is 1. The summed E-state index contributed by atoms with van der Waals surface area (Å²) in [4.78, 5) is 34.6. The molecule has 2 rings (SSSR count). The van der Waals surface area contributed by atoms with Crippen LogP contribution in [-0.2, 0) is 11.3 Å². The van der Waals surface area contributed by atoms with Gasteiger partial charge in [0.15, 0.2) is 0 Å². The highest BCUT2D eigenvalue weighted by atomic mass is 16.2. The molecule has 0 saturated carbocycles. The van der Waals surface area contributed by atoms with Crippen molar-refractivity contribution in [1.29, 1.82) is 0 Å². The number of nitrogens with one attached hydrogen (secondary N) is 2. The first-order chi connectivity index (χ1) is 9.97. The lowest BCUT2D eigenvalue weighted by Gasteiger charge is -2.33. The maximum atomic E-state index is 12.1. The Labute approximate surface area is 124 Å². The van der Waals surface area contributed by atoms with E-state index in [2.05, 4.69) is 15.3 Å². The number of aromatic nitrogens is 2. The Hall–Kier alpha value is -2.05. The molecule has 0 radical (unpaired) electrons. The van der Waals surface area contributed by atoms with Crippen molar-refractivity contribution >= 4 is 11.9 Å². The van der Waals surface area contributed by atoms with Crippen LogP contribution in [0, 0.1) is 12.8 Å². The van der Waals surface area contributed by atoms with Crippen molar-refractivity contribution in [2.24, 2.45) is 5.92 Å². The molecule has 116 valence electrons. The lowest BCUT2D eigenvalue weighted by atomic mass is 9.96. The highest BCUT2D eigenvalue weighted by Crippen LogP contribution is 2.18. The lowest BCUT2D eigenvalue weighted by Crippen LogP contribution is -2.46. The SMILES string of the molecule is Cc1cnc(CNC(=O)C2CCN(C(=O)N(C)C)CC2)[nH]1. The molecule has 1 aromatic rings. The van der Waals surface area contributed by atoms with Crippen LogP contribution in [-0.4, -0.2) is 58.9 Å². The van der Waals surface area contributed by atoms with Crippen LogP contribution in [0.4, 0.5) is 4.79 Å². The standard InChI is InChI=1S/C14H23N5O2/c1-10-8-15-12(17-10)9-16-13(20)11-4-6-19(7-5-11)14(21)18(2)3/h8,11H,4-7,9H2,1-3H3,(H,15,17)(H,16,20). The van der Waals surface area contributed by atoms with Crippen molar-refractivity contribution < 1.29 is 9.59 Å². The minimum absolute atomic E-state index is 0.0138. The molecule has 7 heteroatoms. The van der Waals surface area contributed by atoms with Crippen molar-refractivity contribution in [1.82, 2.24) is 25.1 Å². The topological polar surface area (TPSA) is 81.3 Å². The van der Waals surface area contributed by atoms with Crippen LogP contribution in [0.15, 0.2) is 6.20 Å². The van der Waals surface area contributed by atoms with Gasteiger partial charge in [-0.2, -0.15) is 0 Å². The molecule has 1 fully saturated rings. The molecule has 0 bridgehead atoms. The molecule has 1 saturated heterocycles. The van der Waals surface area contributed by atoms with Gasteiger partial charge >= 0.3 is 6.03 Å². The zero-order chi connectivity index (χ0) is 15.4. The van der Waals surface area contributed by atoms with Gasteiger partial charge in [0.05, 0.1) is 6.54 Å². The van der Waals surface area contributed by atoms with Gasteiger partial charge < -0.3 is 20.1 Å². The zero-order valence-electron chi connectivity index (χ0n) is 12.8. The van der Waals surface area contributed by atoms with Gasteiger partial charge in [0.1, 0.15) is 5.82 Å². The summed E-state index contributed by atoms with van der Waals surface area (Å²) in [6.45, 7) is 3.61. The Kier molecular flexibility index (Phi) is 4.82. The predicted octanol–water partition coefficient (Wildman–Crippen LogP) is 0.728. The number of hydrogen-bond acceptors (Lipinski definition) is 3. The molecule has 0 aliphatic carbocycles. The quantitative estimate of drug-likeness (QED) is 0.862. The van der Waals surface area contributed by atoms with Gasteiger partial charge in [-0.15, -0.1) is 0 Å². The van der Waals surface area contributed by atoms with E-state index in [0.717, 1.165) is 11.5 Å². The summed E-state index contributed by atoms with van der Waals surface area (Å²) in [5.41, 5.74) is 0.981. The fraction of sp³-hybridized carbons (Fsp3) is 0.643. The van der Waals surface area contributed by atoms with E-state index in [0.29, 0.717) is 32.5 Å². The fourth-order valence-corrected chi connectivity index (χ4v) is 2.49. The van der Waals surface area contributed by atoms with E-state index in [1.807, 2.05) is 6.92 Å². The Morgan fingerprint density at radius 2 is 2.10 bits per heavy atom. The van der Waals surface area contributed by atoms with E-state index < -0.39 is 0 Å². The molecule has 21 heavy (non-hydrogen) atoms. The number of amides is 3. The number of piperidine rings is 1. The summed E-state index contributed by atoms with van der Waals surface area (Å²) in [5.74, 6) is 0.786. The smallest absolute Gasteiger partial charge is 0.319 e. The third kappa shape index (κ3) is 3.96. The van der Waals surface area contributed by atoms with Crippen molar-refractivity contribution in [3.63, 3.8) is 0 Å². The third-order valence-electron chi connectivity index (χ3n) is 3.70. The molecule has 1 aliphatic heterocycles. The van der Waals surface area contributed by atoms with Crippen LogP contribution in [0.5, 0.6) is 0 Å². The van der Waals surface area contributed by atoms with E-state index in [9.17, 15) is 9.59 Å². The van der Waals surface area contributed by atoms with Crippen LogP contribution < -0.4 is 5.32 Å². The molecule has 2 heterocycles. The number of carbonyl (C=O) groups excluding carboxylic acids is 2. The van der Waals surface area contributed by atoms with Gasteiger partial charge in [0.2, 0.25) is 5.91 Å². The Bertz CT molecular complexity index is 503. The summed E-state index contributed by atoms with van der Waals surface area (Å²) >= 11 is 0. The van der Waals surface area contributed by atoms with E-state index in [1.54, 1.807) is 30.1 Å². The number of nitrogens with zero attached hydrogens (tertiary/aromatic N) is 3. The molecule has 2 N–H and O–H groups in total. The molecule has 0 aromatic carbocycles. The second-order valence-corrected chi connectivity index (χ2v) is 5.67. The highest BCUT2D eigenvalue weighted by molar-refractivity contribution is 5.79. The molecule has 0 unspecified atom stereocenters. The third-order valence-corrected chi connectivity index (χ3v) is 3.70. The van der Waals surface area contributed by atoms with Gasteiger partial charge in [-0.05, 0) is 19.8 Å². The van der Waals surface area contributed by atoms with E-state index in [1.165, 1.54) is 0 Å².